The molecule has 0 aliphatic heterocycles. The van der Waals surface area contributed by atoms with Crippen LogP contribution in [0.4, 0.5) is 0 Å². The number of benzene rings is 1. The first kappa shape index (κ1) is 14.2. The number of halogens is 1. The molecule has 0 aliphatic carbocycles. The van der Waals surface area contributed by atoms with Crippen LogP contribution >= 0.6 is 12.4 Å². The quantitative estimate of drug-likeness (QED) is 0.830. The number of hydrogen-bond acceptors (Lipinski definition) is 1. The highest BCUT2D eigenvalue weighted by atomic mass is 35.5. The van der Waals surface area contributed by atoms with Crippen LogP contribution in [0.15, 0.2) is 36.4 Å². The summed E-state index contributed by atoms with van der Waals surface area (Å²) in [5, 5.41) is 3.41. The third-order valence-electron chi connectivity index (χ3n) is 1.86. The molecule has 1 aromatic rings. The van der Waals surface area contributed by atoms with E-state index in [2.05, 4.69) is 62.5 Å². The van der Waals surface area contributed by atoms with E-state index < -0.39 is 0 Å². The molecule has 0 unspecified atom stereocenters. The summed E-state index contributed by atoms with van der Waals surface area (Å²) in [7, 11) is 0. The van der Waals surface area contributed by atoms with Gasteiger partial charge in [-0.15, -0.1) is 12.4 Å². The molecule has 1 rings (SSSR count). The van der Waals surface area contributed by atoms with Gasteiger partial charge < -0.3 is 5.32 Å². The topological polar surface area (TPSA) is 12.0 Å². The van der Waals surface area contributed by atoms with Crippen LogP contribution in [0.1, 0.15) is 26.3 Å². The standard InChI is InChI=1S/C13H19N.ClH/c1-13(2,3)14-11-7-10-12-8-5-4-6-9-12;/h4-10,14H,11H2,1-3H3;1H/b10-7+;. The van der Waals surface area contributed by atoms with E-state index in [-0.39, 0.29) is 17.9 Å². The minimum atomic E-state index is 0. The van der Waals surface area contributed by atoms with Gasteiger partial charge in [0.1, 0.15) is 0 Å². The maximum absolute atomic E-state index is 3.41. The lowest BCUT2D eigenvalue weighted by molar-refractivity contribution is 0.450. The Kier molecular flexibility index (Phi) is 6.30. The molecule has 15 heavy (non-hydrogen) atoms. The molecule has 2 heteroatoms. The lowest BCUT2D eigenvalue weighted by Crippen LogP contribution is -2.35. The van der Waals surface area contributed by atoms with Crippen LogP contribution in [-0.4, -0.2) is 12.1 Å². The zero-order valence-electron chi connectivity index (χ0n) is 9.66. The van der Waals surface area contributed by atoms with Crippen LogP contribution in [0.25, 0.3) is 6.08 Å². The van der Waals surface area contributed by atoms with E-state index in [1.54, 1.807) is 0 Å². The van der Waals surface area contributed by atoms with Crippen LogP contribution in [0.5, 0.6) is 0 Å². The van der Waals surface area contributed by atoms with E-state index in [0.29, 0.717) is 0 Å². The van der Waals surface area contributed by atoms with Gasteiger partial charge in [-0.3, -0.25) is 0 Å². The van der Waals surface area contributed by atoms with Crippen molar-refractivity contribution in [2.24, 2.45) is 0 Å². The molecule has 1 aromatic carbocycles. The minimum absolute atomic E-state index is 0. The molecule has 0 amide bonds. The van der Waals surface area contributed by atoms with Crippen molar-refractivity contribution in [2.75, 3.05) is 6.54 Å². The Morgan fingerprint density at radius 2 is 1.73 bits per heavy atom. The van der Waals surface area contributed by atoms with Crippen molar-refractivity contribution in [3.8, 4) is 0 Å². The van der Waals surface area contributed by atoms with E-state index in [1.807, 2.05) is 6.07 Å². The second kappa shape index (κ2) is 6.65. The second-order valence-electron chi connectivity index (χ2n) is 4.44. The van der Waals surface area contributed by atoms with Gasteiger partial charge in [0.25, 0.3) is 0 Å². The molecule has 0 saturated heterocycles. The Bertz CT molecular complexity index is 285. The second-order valence-corrected chi connectivity index (χ2v) is 4.44. The van der Waals surface area contributed by atoms with Crippen molar-refractivity contribution >= 4 is 18.5 Å². The average molecular weight is 226 g/mol. The van der Waals surface area contributed by atoms with Crippen molar-refractivity contribution in [3.05, 3.63) is 42.0 Å². The summed E-state index contributed by atoms with van der Waals surface area (Å²) in [6.07, 6.45) is 4.29. The Morgan fingerprint density at radius 3 is 2.27 bits per heavy atom. The van der Waals surface area contributed by atoms with Crippen LogP contribution in [0, 0.1) is 0 Å². The van der Waals surface area contributed by atoms with Crippen LogP contribution in [-0.2, 0) is 0 Å². The SMILES string of the molecule is CC(C)(C)NC/C=C/c1ccccc1.Cl. The maximum atomic E-state index is 3.41. The summed E-state index contributed by atoms with van der Waals surface area (Å²) in [6.45, 7) is 7.43. The average Bonchev–Trinajstić information content (AvgIpc) is 2.13. The third-order valence-corrected chi connectivity index (χ3v) is 1.86. The monoisotopic (exact) mass is 225 g/mol. The van der Waals surface area contributed by atoms with Crippen LogP contribution in [0.2, 0.25) is 0 Å². The van der Waals surface area contributed by atoms with Gasteiger partial charge in [-0.25, -0.2) is 0 Å². The van der Waals surface area contributed by atoms with Gasteiger partial charge in [-0.1, -0.05) is 42.5 Å². The predicted molar refractivity (Wildman–Crippen MR) is 70.5 cm³/mol. The van der Waals surface area contributed by atoms with E-state index in [4.69, 9.17) is 0 Å². The summed E-state index contributed by atoms with van der Waals surface area (Å²) in [4.78, 5) is 0. The molecule has 0 aromatic heterocycles. The minimum Gasteiger partial charge on any atom is -0.309 e. The predicted octanol–water partition coefficient (Wildman–Crippen LogP) is 3.51. The lowest BCUT2D eigenvalue weighted by Gasteiger charge is -2.18. The highest BCUT2D eigenvalue weighted by Gasteiger charge is 2.05. The number of hydrogen-bond donors (Lipinski definition) is 1. The molecule has 0 radical (unpaired) electrons. The Balaban J connectivity index is 0.00000196. The van der Waals surface area contributed by atoms with Gasteiger partial charge in [0.15, 0.2) is 0 Å². The Morgan fingerprint density at radius 1 is 1.13 bits per heavy atom. The molecule has 0 heterocycles. The first-order valence-electron chi connectivity index (χ1n) is 5.04. The molecule has 1 nitrogen and oxygen atoms in total. The molecule has 0 aliphatic rings. The van der Waals surface area contributed by atoms with E-state index in [0.717, 1.165) is 6.54 Å². The largest absolute Gasteiger partial charge is 0.309 e. The number of rotatable bonds is 3. The van der Waals surface area contributed by atoms with Crippen molar-refractivity contribution in [3.63, 3.8) is 0 Å². The smallest absolute Gasteiger partial charge is 0.0143 e. The van der Waals surface area contributed by atoms with Crippen molar-refractivity contribution < 1.29 is 0 Å². The Hall–Kier alpha value is -0.790. The molecule has 0 atom stereocenters. The zero-order valence-corrected chi connectivity index (χ0v) is 10.5. The molecule has 0 spiro atoms. The Labute approximate surface area is 99.0 Å². The maximum Gasteiger partial charge on any atom is 0.0143 e. The van der Waals surface area contributed by atoms with Crippen molar-refractivity contribution in [1.82, 2.24) is 5.32 Å². The molecule has 0 fully saturated rings. The summed E-state index contributed by atoms with van der Waals surface area (Å²) in [6, 6.07) is 10.3. The highest BCUT2D eigenvalue weighted by molar-refractivity contribution is 5.85. The first-order chi connectivity index (χ1) is 6.58. The van der Waals surface area contributed by atoms with Crippen molar-refractivity contribution in [1.29, 1.82) is 0 Å². The highest BCUT2D eigenvalue weighted by Crippen LogP contribution is 2.01. The summed E-state index contributed by atoms with van der Waals surface area (Å²) in [5.41, 5.74) is 1.45. The summed E-state index contributed by atoms with van der Waals surface area (Å²) >= 11 is 0. The van der Waals surface area contributed by atoms with Gasteiger partial charge in [-0.05, 0) is 26.3 Å². The third kappa shape index (κ3) is 7.18. The lowest BCUT2D eigenvalue weighted by atomic mass is 10.1. The normalized spacial score (nSPS) is 11.4. The van der Waals surface area contributed by atoms with Crippen molar-refractivity contribution in [2.45, 2.75) is 26.3 Å². The summed E-state index contributed by atoms with van der Waals surface area (Å²) in [5.74, 6) is 0. The van der Waals surface area contributed by atoms with Gasteiger partial charge >= 0.3 is 0 Å². The molecule has 1 N–H and O–H groups in total. The van der Waals surface area contributed by atoms with Crippen LogP contribution < -0.4 is 5.32 Å². The van der Waals surface area contributed by atoms with Crippen LogP contribution in [0.3, 0.4) is 0 Å². The zero-order chi connectivity index (χ0) is 10.4. The molecule has 0 bridgehead atoms. The molecular weight excluding hydrogens is 206 g/mol. The molecular formula is C13H20ClN. The van der Waals surface area contributed by atoms with Gasteiger partial charge in [0.2, 0.25) is 0 Å². The fraction of sp³-hybridized carbons (Fsp3) is 0.385. The van der Waals surface area contributed by atoms with E-state index in [9.17, 15) is 0 Å². The van der Waals surface area contributed by atoms with E-state index >= 15 is 0 Å². The van der Waals surface area contributed by atoms with Gasteiger partial charge in [0, 0.05) is 12.1 Å². The summed E-state index contributed by atoms with van der Waals surface area (Å²) < 4.78 is 0. The molecule has 84 valence electrons. The van der Waals surface area contributed by atoms with E-state index in [1.165, 1.54) is 5.56 Å². The first-order valence-corrected chi connectivity index (χ1v) is 5.04. The fourth-order valence-electron chi connectivity index (χ4n) is 1.12. The van der Waals surface area contributed by atoms with Gasteiger partial charge in [0.05, 0.1) is 0 Å². The number of nitrogens with one attached hydrogen (secondary N) is 1. The fourth-order valence-corrected chi connectivity index (χ4v) is 1.12. The van der Waals surface area contributed by atoms with Gasteiger partial charge in [-0.2, -0.15) is 0 Å². The molecule has 0 saturated carbocycles.